The molecule has 0 amide bonds. The molecule has 0 aliphatic rings. The Morgan fingerprint density at radius 2 is 1.81 bits per heavy atom. The summed E-state index contributed by atoms with van der Waals surface area (Å²) in [5, 5.41) is 8.68. The van der Waals surface area contributed by atoms with Crippen molar-refractivity contribution >= 4 is 25.7 Å². The zero-order valence-corrected chi connectivity index (χ0v) is 12.3. The molecule has 0 spiro atoms. The van der Waals surface area contributed by atoms with Crippen LogP contribution in [0.25, 0.3) is 11.1 Å². The first kappa shape index (κ1) is 15.3. The third-order valence-corrected chi connectivity index (χ3v) is 4.02. The van der Waals surface area contributed by atoms with Crippen molar-refractivity contribution in [2.45, 2.75) is 4.90 Å². The molecule has 0 radical (unpaired) electrons. The number of rotatable bonds is 5. The Hall–Kier alpha value is -2.05. The molecule has 0 unspecified atom stereocenters. The molecule has 0 fully saturated rings. The fourth-order valence-corrected chi connectivity index (χ4v) is 2.55. The van der Waals surface area contributed by atoms with E-state index in [1.165, 1.54) is 18.2 Å². The van der Waals surface area contributed by atoms with Crippen LogP contribution in [0.3, 0.4) is 0 Å². The van der Waals surface area contributed by atoms with Gasteiger partial charge >= 0.3 is 5.97 Å². The Bertz CT molecular complexity index is 756. The summed E-state index contributed by atoms with van der Waals surface area (Å²) in [6, 6.07) is 12.9. The van der Waals surface area contributed by atoms with Crippen LogP contribution in [0, 0.1) is 0 Å². The number of carbonyl (C=O) groups is 1. The zero-order valence-electron chi connectivity index (χ0n) is 10.7. The van der Waals surface area contributed by atoms with E-state index in [1.807, 2.05) is 6.07 Å². The van der Waals surface area contributed by atoms with Crippen LogP contribution < -0.4 is 4.74 Å². The molecule has 2 aromatic rings. The van der Waals surface area contributed by atoms with Crippen LogP contribution in [0.4, 0.5) is 0 Å². The molecule has 0 aromatic heterocycles. The molecular weight excluding hydrogens is 316 g/mol. The monoisotopic (exact) mass is 326 g/mol. The molecule has 0 atom stereocenters. The molecule has 2 rings (SSSR count). The molecule has 110 valence electrons. The molecule has 5 nitrogen and oxygen atoms in total. The van der Waals surface area contributed by atoms with Gasteiger partial charge in [0, 0.05) is 16.2 Å². The van der Waals surface area contributed by atoms with E-state index in [0.29, 0.717) is 11.1 Å². The van der Waals surface area contributed by atoms with Gasteiger partial charge in [-0.3, -0.25) is 0 Å². The number of hydrogen-bond donors (Lipinski definition) is 1. The summed E-state index contributed by atoms with van der Waals surface area (Å²) in [4.78, 5) is 10.5. The molecule has 0 saturated carbocycles. The summed E-state index contributed by atoms with van der Waals surface area (Å²) in [7, 11) is 1.45. The number of benzene rings is 2. The SMILES string of the molecule is O=C(O)COc1ccc(S(=O)(=O)Cl)cc1-c1ccccc1. The topological polar surface area (TPSA) is 80.7 Å². The van der Waals surface area contributed by atoms with Gasteiger partial charge in [-0.05, 0) is 23.8 Å². The van der Waals surface area contributed by atoms with Gasteiger partial charge in [0.05, 0.1) is 4.90 Å². The van der Waals surface area contributed by atoms with Crippen molar-refractivity contribution < 1.29 is 23.1 Å². The van der Waals surface area contributed by atoms with E-state index in [-0.39, 0.29) is 10.6 Å². The summed E-state index contributed by atoms with van der Waals surface area (Å²) in [5.41, 5.74) is 1.15. The summed E-state index contributed by atoms with van der Waals surface area (Å²) in [6.07, 6.45) is 0. The second-order valence-electron chi connectivity index (χ2n) is 4.14. The highest BCUT2D eigenvalue weighted by Crippen LogP contribution is 2.33. The van der Waals surface area contributed by atoms with E-state index in [1.54, 1.807) is 24.3 Å². The molecule has 0 aliphatic heterocycles. The Morgan fingerprint density at radius 3 is 2.38 bits per heavy atom. The van der Waals surface area contributed by atoms with Crippen molar-refractivity contribution in [3.05, 3.63) is 48.5 Å². The third-order valence-electron chi connectivity index (χ3n) is 2.67. The molecule has 1 N–H and O–H groups in total. The van der Waals surface area contributed by atoms with Crippen LogP contribution in [0.15, 0.2) is 53.4 Å². The molecule has 0 heterocycles. The van der Waals surface area contributed by atoms with Crippen LogP contribution >= 0.6 is 10.7 Å². The first-order valence-corrected chi connectivity index (χ1v) is 8.17. The molecule has 2 aromatic carbocycles. The minimum absolute atomic E-state index is 0.0781. The van der Waals surface area contributed by atoms with Crippen molar-refractivity contribution in [2.24, 2.45) is 0 Å². The van der Waals surface area contributed by atoms with Crippen LogP contribution in [-0.2, 0) is 13.8 Å². The first-order chi connectivity index (χ1) is 9.88. The predicted molar refractivity (Wildman–Crippen MR) is 78.0 cm³/mol. The summed E-state index contributed by atoms with van der Waals surface area (Å²) in [5.74, 6) is -0.851. The van der Waals surface area contributed by atoms with E-state index in [4.69, 9.17) is 20.5 Å². The van der Waals surface area contributed by atoms with Crippen molar-refractivity contribution in [3.63, 3.8) is 0 Å². The van der Waals surface area contributed by atoms with E-state index in [0.717, 1.165) is 0 Å². The van der Waals surface area contributed by atoms with Gasteiger partial charge in [-0.15, -0.1) is 0 Å². The molecule has 7 heteroatoms. The number of halogens is 1. The van der Waals surface area contributed by atoms with Gasteiger partial charge in [0.1, 0.15) is 5.75 Å². The van der Waals surface area contributed by atoms with Gasteiger partial charge in [0.25, 0.3) is 9.05 Å². The molecule has 0 saturated heterocycles. The van der Waals surface area contributed by atoms with E-state index in [2.05, 4.69) is 0 Å². The van der Waals surface area contributed by atoms with Crippen LogP contribution in [0.1, 0.15) is 0 Å². The van der Waals surface area contributed by atoms with Crippen molar-refractivity contribution in [1.82, 2.24) is 0 Å². The lowest BCUT2D eigenvalue weighted by Gasteiger charge is -2.11. The van der Waals surface area contributed by atoms with Gasteiger partial charge in [-0.25, -0.2) is 13.2 Å². The number of hydrogen-bond acceptors (Lipinski definition) is 4. The fraction of sp³-hybridized carbons (Fsp3) is 0.0714. The first-order valence-electron chi connectivity index (χ1n) is 5.86. The van der Waals surface area contributed by atoms with E-state index < -0.39 is 21.6 Å². The zero-order chi connectivity index (χ0) is 15.5. The highest BCUT2D eigenvalue weighted by atomic mass is 35.7. The minimum Gasteiger partial charge on any atom is -0.481 e. The maximum atomic E-state index is 11.4. The normalized spacial score (nSPS) is 11.1. The Kier molecular flexibility index (Phi) is 4.50. The molecule has 0 bridgehead atoms. The lowest BCUT2D eigenvalue weighted by atomic mass is 10.0. The van der Waals surface area contributed by atoms with Crippen molar-refractivity contribution in [3.8, 4) is 16.9 Å². The van der Waals surface area contributed by atoms with Gasteiger partial charge in [-0.1, -0.05) is 30.3 Å². The van der Waals surface area contributed by atoms with Crippen LogP contribution in [0.2, 0.25) is 0 Å². The number of carboxylic acids is 1. The second kappa shape index (κ2) is 6.15. The average Bonchev–Trinajstić information content (AvgIpc) is 2.45. The van der Waals surface area contributed by atoms with Crippen molar-refractivity contribution in [2.75, 3.05) is 6.61 Å². The lowest BCUT2D eigenvalue weighted by molar-refractivity contribution is -0.139. The van der Waals surface area contributed by atoms with Gasteiger partial charge < -0.3 is 9.84 Å². The maximum Gasteiger partial charge on any atom is 0.341 e. The standard InChI is InChI=1S/C14H11ClO5S/c15-21(18,19)11-6-7-13(20-9-14(16)17)12(8-11)10-4-2-1-3-5-10/h1-8H,9H2,(H,16,17). The van der Waals surface area contributed by atoms with E-state index in [9.17, 15) is 13.2 Å². The van der Waals surface area contributed by atoms with Gasteiger partial charge in [-0.2, -0.15) is 0 Å². The highest BCUT2D eigenvalue weighted by molar-refractivity contribution is 8.13. The molecule has 21 heavy (non-hydrogen) atoms. The van der Waals surface area contributed by atoms with E-state index >= 15 is 0 Å². The van der Waals surface area contributed by atoms with Gasteiger partial charge in [0.2, 0.25) is 0 Å². The Balaban J connectivity index is 2.53. The van der Waals surface area contributed by atoms with Crippen LogP contribution in [0.5, 0.6) is 5.75 Å². The number of ether oxygens (including phenoxy) is 1. The molecule has 0 aliphatic carbocycles. The highest BCUT2D eigenvalue weighted by Gasteiger charge is 2.15. The minimum atomic E-state index is -3.88. The Labute approximate surface area is 126 Å². The smallest absolute Gasteiger partial charge is 0.341 e. The number of carboxylic acid groups (broad SMARTS) is 1. The Morgan fingerprint density at radius 1 is 1.14 bits per heavy atom. The predicted octanol–water partition coefficient (Wildman–Crippen LogP) is 2.74. The summed E-state index contributed by atoms with van der Waals surface area (Å²) >= 11 is 0. The summed E-state index contributed by atoms with van der Waals surface area (Å²) in [6.45, 7) is -0.521. The van der Waals surface area contributed by atoms with Crippen LogP contribution in [-0.4, -0.2) is 26.1 Å². The van der Waals surface area contributed by atoms with Gasteiger partial charge in [0.15, 0.2) is 6.61 Å². The summed E-state index contributed by atoms with van der Waals surface area (Å²) < 4.78 is 28.0. The molecular formula is C14H11ClO5S. The van der Waals surface area contributed by atoms with Crippen molar-refractivity contribution in [1.29, 1.82) is 0 Å². The second-order valence-corrected chi connectivity index (χ2v) is 6.71. The lowest BCUT2D eigenvalue weighted by Crippen LogP contribution is -2.10. The largest absolute Gasteiger partial charge is 0.481 e. The maximum absolute atomic E-state index is 11.4. The number of aliphatic carboxylic acids is 1. The quantitative estimate of drug-likeness (QED) is 0.854. The fourth-order valence-electron chi connectivity index (χ4n) is 1.77. The average molecular weight is 327 g/mol. The third kappa shape index (κ3) is 3.96.